The largest absolute Gasteiger partial charge is 0.464 e. The second-order valence-electron chi connectivity index (χ2n) is 5.71. The molecular weight excluding hydrogens is 307 g/mol. The lowest BCUT2D eigenvalue weighted by atomic mass is 9.91. The van der Waals surface area contributed by atoms with E-state index in [9.17, 15) is 18.0 Å². The Balaban J connectivity index is 1.42. The summed E-state index contributed by atoms with van der Waals surface area (Å²) in [5.41, 5.74) is -4.54. The summed E-state index contributed by atoms with van der Waals surface area (Å²) in [5, 5.41) is 0. The van der Waals surface area contributed by atoms with Gasteiger partial charge in [0.15, 0.2) is 0 Å². The van der Waals surface area contributed by atoms with Crippen molar-refractivity contribution >= 4 is 16.6 Å². The van der Waals surface area contributed by atoms with Crippen LogP contribution in [0.3, 0.4) is 0 Å². The molecule has 0 spiro atoms. The quantitative estimate of drug-likeness (QED) is 0.805. The second-order valence-corrected chi connectivity index (χ2v) is 8.38. The van der Waals surface area contributed by atoms with E-state index in [0.717, 1.165) is 12.8 Å². The van der Waals surface area contributed by atoms with E-state index in [2.05, 4.69) is 16.3 Å². The fraction of sp³-hybridized carbons (Fsp3) is 0.769. The van der Waals surface area contributed by atoms with Gasteiger partial charge in [-0.1, -0.05) is 12.2 Å². The van der Waals surface area contributed by atoms with E-state index in [1.165, 1.54) is 0 Å². The van der Waals surface area contributed by atoms with Crippen LogP contribution in [-0.2, 0) is 8.92 Å². The Labute approximate surface area is 122 Å². The molecule has 0 aromatic heterocycles. The molecule has 1 saturated heterocycles. The number of amides is 1. The SMILES string of the molecule is O=C(NS1(C(F)(F)F)CCO1)OCCC1CC2C=CC1C2. The number of hydrogen-bond acceptors (Lipinski definition) is 3. The first-order chi connectivity index (χ1) is 9.90. The zero-order valence-electron chi connectivity index (χ0n) is 11.4. The molecule has 4 nitrogen and oxygen atoms in total. The fourth-order valence-electron chi connectivity index (χ4n) is 3.26. The Kier molecular flexibility index (Phi) is 3.85. The lowest BCUT2D eigenvalue weighted by Crippen LogP contribution is -2.47. The summed E-state index contributed by atoms with van der Waals surface area (Å²) in [7, 11) is -3.51. The zero-order chi connectivity index (χ0) is 15.1. The summed E-state index contributed by atoms with van der Waals surface area (Å²) < 4.78 is 49.9. The van der Waals surface area contributed by atoms with Gasteiger partial charge < -0.3 is 8.92 Å². The van der Waals surface area contributed by atoms with E-state index in [1.807, 2.05) is 4.72 Å². The zero-order valence-corrected chi connectivity index (χ0v) is 12.2. The van der Waals surface area contributed by atoms with Crippen molar-refractivity contribution < 1.29 is 26.9 Å². The van der Waals surface area contributed by atoms with Gasteiger partial charge in [0.25, 0.3) is 0 Å². The highest BCUT2D eigenvalue weighted by atomic mass is 32.3. The van der Waals surface area contributed by atoms with Gasteiger partial charge in [-0.2, -0.15) is 13.2 Å². The van der Waals surface area contributed by atoms with Gasteiger partial charge in [-0.3, -0.25) is 4.72 Å². The van der Waals surface area contributed by atoms with Crippen LogP contribution < -0.4 is 4.72 Å². The van der Waals surface area contributed by atoms with Crippen LogP contribution in [0.15, 0.2) is 12.2 Å². The summed E-state index contributed by atoms with van der Waals surface area (Å²) in [6.07, 6.45) is 6.34. The highest BCUT2D eigenvalue weighted by Crippen LogP contribution is 2.64. The summed E-state index contributed by atoms with van der Waals surface area (Å²) in [4.78, 5) is 11.5. The highest BCUT2D eigenvalue weighted by Gasteiger charge is 2.57. The molecule has 2 aliphatic carbocycles. The number of carbonyl (C=O) groups is 1. The van der Waals surface area contributed by atoms with Gasteiger partial charge in [-0.15, -0.1) is 0 Å². The molecule has 1 heterocycles. The smallest absolute Gasteiger partial charge is 0.449 e. The average Bonchev–Trinajstić information content (AvgIpc) is 2.94. The van der Waals surface area contributed by atoms with Crippen LogP contribution in [0.25, 0.3) is 0 Å². The Bertz CT molecular complexity index is 450. The normalized spacial score (nSPS) is 40.4. The molecule has 21 heavy (non-hydrogen) atoms. The van der Waals surface area contributed by atoms with Crippen molar-refractivity contribution in [1.82, 2.24) is 4.72 Å². The van der Waals surface area contributed by atoms with Gasteiger partial charge in [-0.05, 0) is 37.0 Å². The van der Waals surface area contributed by atoms with Gasteiger partial charge >= 0.3 is 11.6 Å². The molecule has 3 rings (SSSR count). The Morgan fingerprint density at radius 1 is 1.38 bits per heavy atom. The van der Waals surface area contributed by atoms with Gasteiger partial charge in [0.2, 0.25) is 0 Å². The number of rotatable bonds is 4. The first-order valence-corrected chi connectivity index (χ1v) is 8.77. The molecule has 1 amide bonds. The first kappa shape index (κ1) is 15.0. The number of alkyl halides is 3. The molecule has 4 unspecified atom stereocenters. The topological polar surface area (TPSA) is 47.6 Å². The van der Waals surface area contributed by atoms with Crippen LogP contribution in [0.5, 0.6) is 0 Å². The number of ether oxygens (including phenoxy) is 1. The molecule has 8 heteroatoms. The molecule has 4 atom stereocenters. The Morgan fingerprint density at radius 3 is 2.62 bits per heavy atom. The van der Waals surface area contributed by atoms with Gasteiger partial charge in [0.05, 0.1) is 13.2 Å². The molecule has 2 fully saturated rings. The molecule has 1 saturated carbocycles. The highest BCUT2D eigenvalue weighted by molar-refractivity contribution is 8.30. The molecule has 120 valence electrons. The second kappa shape index (κ2) is 5.39. The van der Waals surface area contributed by atoms with Gasteiger partial charge in [0.1, 0.15) is 0 Å². The van der Waals surface area contributed by atoms with Crippen molar-refractivity contribution in [2.24, 2.45) is 17.8 Å². The number of hydrogen-bond donors (Lipinski definition) is 1. The van der Waals surface area contributed by atoms with E-state index in [-0.39, 0.29) is 19.0 Å². The van der Waals surface area contributed by atoms with E-state index in [1.54, 1.807) is 0 Å². The van der Waals surface area contributed by atoms with E-state index >= 15 is 0 Å². The van der Waals surface area contributed by atoms with Crippen molar-refractivity contribution in [2.75, 3.05) is 19.0 Å². The van der Waals surface area contributed by atoms with E-state index in [4.69, 9.17) is 4.74 Å². The van der Waals surface area contributed by atoms with Crippen molar-refractivity contribution in [1.29, 1.82) is 0 Å². The molecular formula is C13H18F3NO3S. The van der Waals surface area contributed by atoms with Crippen LogP contribution in [0, 0.1) is 17.8 Å². The molecule has 3 aliphatic rings. The van der Waals surface area contributed by atoms with E-state index in [0.29, 0.717) is 24.2 Å². The minimum Gasteiger partial charge on any atom is -0.449 e. The summed E-state index contributed by atoms with van der Waals surface area (Å²) in [6.45, 7) is 0.174. The number of carbonyl (C=O) groups excluding carboxylic acids is 1. The molecule has 0 aromatic rings. The number of nitrogens with one attached hydrogen (secondary N) is 1. The molecule has 0 aromatic carbocycles. The third-order valence-corrected chi connectivity index (χ3v) is 6.97. The van der Waals surface area contributed by atoms with Crippen LogP contribution in [0.1, 0.15) is 19.3 Å². The van der Waals surface area contributed by atoms with Gasteiger partial charge in [0, 0.05) is 16.2 Å². The van der Waals surface area contributed by atoms with Crippen molar-refractivity contribution in [2.45, 2.75) is 24.8 Å². The predicted molar refractivity (Wildman–Crippen MR) is 72.4 cm³/mol. The maximum absolute atomic E-state index is 12.8. The van der Waals surface area contributed by atoms with Crippen molar-refractivity contribution in [3.05, 3.63) is 12.2 Å². The maximum atomic E-state index is 12.8. The Morgan fingerprint density at radius 2 is 2.14 bits per heavy atom. The summed E-state index contributed by atoms with van der Waals surface area (Å²) in [6, 6.07) is 0. The number of allylic oxidation sites excluding steroid dienone is 2. The van der Waals surface area contributed by atoms with Crippen LogP contribution >= 0.6 is 10.5 Å². The standard InChI is InChI=1S/C13H18F3NO3S/c14-13(15,16)21(6-5-20-21)17-12(18)19-4-3-11-8-9-1-2-10(11)7-9/h1-2,9-11H,3-8H2,(H,17,18). The number of fused-ring (bicyclic) bond motifs is 2. The maximum Gasteiger partial charge on any atom is 0.464 e. The van der Waals surface area contributed by atoms with Gasteiger partial charge in [-0.25, -0.2) is 4.79 Å². The van der Waals surface area contributed by atoms with Crippen molar-refractivity contribution in [3.8, 4) is 0 Å². The van der Waals surface area contributed by atoms with Crippen LogP contribution in [0.4, 0.5) is 18.0 Å². The molecule has 1 N–H and O–H groups in total. The predicted octanol–water partition coefficient (Wildman–Crippen LogP) is 3.50. The number of halogens is 3. The van der Waals surface area contributed by atoms with Crippen molar-refractivity contribution in [3.63, 3.8) is 0 Å². The fourth-order valence-corrected chi connectivity index (χ4v) is 4.73. The summed E-state index contributed by atoms with van der Waals surface area (Å²) >= 11 is 0. The lowest BCUT2D eigenvalue weighted by Gasteiger charge is -2.46. The average molecular weight is 325 g/mol. The van der Waals surface area contributed by atoms with E-state index < -0.39 is 22.1 Å². The minimum atomic E-state index is -4.54. The molecule has 1 aliphatic heterocycles. The third kappa shape index (κ3) is 2.88. The first-order valence-electron chi connectivity index (χ1n) is 7.04. The Hall–Kier alpha value is -0.890. The molecule has 2 bridgehead atoms. The van der Waals surface area contributed by atoms with Crippen LogP contribution in [-0.4, -0.2) is 30.6 Å². The molecule has 0 radical (unpaired) electrons. The lowest BCUT2D eigenvalue weighted by molar-refractivity contribution is -0.0531. The third-order valence-electron chi connectivity index (χ3n) is 4.42. The minimum absolute atomic E-state index is 0.0204. The van der Waals surface area contributed by atoms with Crippen LogP contribution in [0.2, 0.25) is 0 Å². The monoisotopic (exact) mass is 325 g/mol. The summed E-state index contributed by atoms with van der Waals surface area (Å²) in [5.74, 6) is 1.47.